The molecule has 0 unspecified atom stereocenters. The summed E-state index contributed by atoms with van der Waals surface area (Å²) < 4.78 is 0. The molecule has 13 rings (SSSR count). The Morgan fingerprint density at radius 2 is 0.341 bits per heavy atom. The maximum absolute atomic E-state index is 13.3. The minimum absolute atomic E-state index is 0.169. The SMILES string of the molecule is O=C1C(=Cc2ccc(N(c3ccccc3)c3ccc(N(c4ccc(N(c5ccccc5)c5ccccc5)cc4)c4ccc(N(c5ccccc5)c5ccc(C=C6C(=O)c7ccccc7C6=O)cc5)cc4)cc3)cc2)C(=O)c2ccccc21. The Labute approximate surface area is 475 Å². The van der Waals surface area contributed by atoms with Crippen molar-refractivity contribution in [1.82, 2.24) is 0 Å². The lowest BCUT2D eigenvalue weighted by Gasteiger charge is -2.30. The molecule has 0 fully saturated rings. The molecule has 0 radical (unpaired) electrons. The van der Waals surface area contributed by atoms with Crippen molar-refractivity contribution in [3.05, 3.63) is 336 Å². The van der Waals surface area contributed by atoms with E-state index in [1.807, 2.05) is 97.1 Å². The molecule has 0 N–H and O–H groups in total. The Morgan fingerprint density at radius 1 is 0.183 bits per heavy atom. The highest BCUT2D eigenvalue weighted by Gasteiger charge is 2.34. The molecule has 0 saturated heterocycles. The zero-order chi connectivity index (χ0) is 55.5. The number of para-hydroxylation sites is 4. The van der Waals surface area contributed by atoms with Crippen molar-refractivity contribution in [3.8, 4) is 0 Å². The van der Waals surface area contributed by atoms with Crippen molar-refractivity contribution in [2.45, 2.75) is 0 Å². The van der Waals surface area contributed by atoms with E-state index in [9.17, 15) is 19.2 Å². The van der Waals surface area contributed by atoms with Gasteiger partial charge in [0.05, 0.1) is 11.1 Å². The molecule has 0 saturated carbocycles. The first-order chi connectivity index (χ1) is 40.3. The maximum Gasteiger partial charge on any atom is 0.197 e. The predicted molar refractivity (Wildman–Crippen MR) is 331 cm³/mol. The van der Waals surface area contributed by atoms with Gasteiger partial charge in [0.1, 0.15) is 0 Å². The zero-order valence-electron chi connectivity index (χ0n) is 44.3. The van der Waals surface area contributed by atoms with E-state index in [1.165, 1.54) is 0 Å². The van der Waals surface area contributed by atoms with Crippen LogP contribution < -0.4 is 19.6 Å². The molecule has 2 aliphatic rings. The highest BCUT2D eigenvalue weighted by Crippen LogP contribution is 2.43. The molecule has 82 heavy (non-hydrogen) atoms. The van der Waals surface area contributed by atoms with Crippen LogP contribution in [0.5, 0.6) is 0 Å². The average molecular weight is 1060 g/mol. The van der Waals surface area contributed by atoms with Crippen molar-refractivity contribution in [1.29, 1.82) is 0 Å². The summed E-state index contributed by atoms with van der Waals surface area (Å²) >= 11 is 0. The van der Waals surface area contributed by atoms with Crippen molar-refractivity contribution in [2.24, 2.45) is 0 Å². The fourth-order valence-corrected chi connectivity index (χ4v) is 10.9. The number of allylic oxidation sites excluding steroid dienone is 2. The van der Waals surface area contributed by atoms with Crippen molar-refractivity contribution in [2.75, 3.05) is 19.6 Å². The van der Waals surface area contributed by atoms with Gasteiger partial charge in [-0.2, -0.15) is 0 Å². The molecule has 390 valence electrons. The number of carbonyl (C=O) groups excluding carboxylic acids is 4. The fourth-order valence-electron chi connectivity index (χ4n) is 10.9. The Kier molecular flexibility index (Phi) is 13.4. The molecule has 0 bridgehead atoms. The van der Waals surface area contributed by atoms with Crippen molar-refractivity contribution in [3.63, 3.8) is 0 Å². The van der Waals surface area contributed by atoms with Gasteiger partial charge in [0.2, 0.25) is 0 Å². The first-order valence-corrected chi connectivity index (χ1v) is 27.1. The van der Waals surface area contributed by atoms with Gasteiger partial charge in [-0.25, -0.2) is 0 Å². The Balaban J connectivity index is 0.856. The van der Waals surface area contributed by atoms with Gasteiger partial charge in [0.15, 0.2) is 23.1 Å². The molecule has 0 spiro atoms. The third-order valence-corrected chi connectivity index (χ3v) is 14.9. The first kappa shape index (κ1) is 50.3. The number of fused-ring (bicyclic) bond motifs is 2. The summed E-state index contributed by atoms with van der Waals surface area (Å²) in [4.78, 5) is 62.0. The number of rotatable bonds is 14. The van der Waals surface area contributed by atoms with E-state index < -0.39 is 0 Å². The Bertz CT molecular complexity index is 3910. The third kappa shape index (κ3) is 9.67. The van der Waals surface area contributed by atoms with Gasteiger partial charge in [-0.1, -0.05) is 146 Å². The van der Waals surface area contributed by atoms with Crippen LogP contribution in [0.25, 0.3) is 12.2 Å². The topological polar surface area (TPSA) is 81.2 Å². The van der Waals surface area contributed by atoms with Crippen LogP contribution in [0.3, 0.4) is 0 Å². The van der Waals surface area contributed by atoms with Crippen LogP contribution in [0.1, 0.15) is 52.6 Å². The van der Waals surface area contributed by atoms with Gasteiger partial charge in [0, 0.05) is 90.5 Å². The highest BCUT2D eigenvalue weighted by atomic mass is 16.2. The number of anilines is 12. The van der Waals surface area contributed by atoms with Crippen LogP contribution in [-0.4, -0.2) is 23.1 Å². The Hall–Kier alpha value is -11.2. The molecule has 2 aliphatic carbocycles. The summed E-state index contributed by atoms with van der Waals surface area (Å²) in [5.74, 6) is -1.02. The number of hydrogen-bond donors (Lipinski definition) is 0. The lowest BCUT2D eigenvalue weighted by Crippen LogP contribution is -2.14. The molecular formula is C74H50N4O4. The van der Waals surface area contributed by atoms with E-state index in [0.717, 1.165) is 79.4 Å². The lowest BCUT2D eigenvalue weighted by atomic mass is 10.1. The molecule has 0 amide bonds. The van der Waals surface area contributed by atoms with Crippen LogP contribution in [0.2, 0.25) is 0 Å². The van der Waals surface area contributed by atoms with E-state index in [4.69, 9.17) is 0 Å². The third-order valence-electron chi connectivity index (χ3n) is 14.9. The Morgan fingerprint density at radius 3 is 0.537 bits per heavy atom. The van der Waals surface area contributed by atoms with Gasteiger partial charge in [-0.15, -0.1) is 0 Å². The fraction of sp³-hybridized carbons (Fsp3) is 0. The molecule has 8 heteroatoms. The number of benzene rings is 11. The minimum Gasteiger partial charge on any atom is -0.311 e. The van der Waals surface area contributed by atoms with Crippen LogP contribution in [0, 0.1) is 0 Å². The summed E-state index contributed by atoms with van der Waals surface area (Å²) in [6.45, 7) is 0. The van der Waals surface area contributed by atoms with Gasteiger partial charge in [0.25, 0.3) is 0 Å². The number of nitrogens with zero attached hydrogens (tertiary/aromatic N) is 4. The second-order valence-corrected chi connectivity index (χ2v) is 19.9. The molecule has 8 nitrogen and oxygen atoms in total. The minimum atomic E-state index is -0.254. The highest BCUT2D eigenvalue weighted by molar-refractivity contribution is 6.42. The number of carbonyl (C=O) groups is 4. The number of hydrogen-bond acceptors (Lipinski definition) is 8. The number of Topliss-reactive ketones (excluding diaryl/α,β-unsaturated/α-hetero) is 4. The number of ketones is 4. The van der Waals surface area contributed by atoms with Crippen molar-refractivity contribution < 1.29 is 19.2 Å². The monoisotopic (exact) mass is 1060 g/mol. The van der Waals surface area contributed by atoms with Gasteiger partial charge >= 0.3 is 0 Å². The largest absolute Gasteiger partial charge is 0.311 e. The van der Waals surface area contributed by atoms with Crippen LogP contribution >= 0.6 is 0 Å². The quantitative estimate of drug-likeness (QED) is 0.0787. The summed E-state index contributed by atoms with van der Waals surface area (Å²) in [5.41, 5.74) is 15.1. The molecular weight excluding hydrogens is 1010 g/mol. The van der Waals surface area contributed by atoms with Crippen LogP contribution in [-0.2, 0) is 0 Å². The standard InChI is InChI=1S/C74H50N4O4/c79-71-65-25-13-14-26-66(65)72(80)69(71)49-51-29-33-57(34-30-51)76(55-21-9-3-10-22-55)60-39-45-63(46-40-60)78(62-43-37-59(38-44-62)75(53-17-5-1-6-18-53)54-19-7-2-8-20-54)64-47-41-61(42-48-64)77(56-23-11-4-12-24-56)58-35-31-52(32-36-58)50-70-73(81)67-27-15-16-28-68(67)74(70)82/h1-50H. The molecule has 0 atom stereocenters. The summed E-state index contributed by atoms with van der Waals surface area (Å²) in [5, 5.41) is 0. The van der Waals surface area contributed by atoms with Crippen molar-refractivity contribution >= 4 is 104 Å². The van der Waals surface area contributed by atoms with Gasteiger partial charge in [-0.3, -0.25) is 19.2 Å². The van der Waals surface area contributed by atoms with Gasteiger partial charge < -0.3 is 19.6 Å². The van der Waals surface area contributed by atoms with E-state index >= 15 is 0 Å². The summed E-state index contributed by atoms with van der Waals surface area (Å²) in [6.07, 6.45) is 3.37. The molecule has 11 aromatic rings. The average Bonchev–Trinajstić information content (AvgIpc) is 3.93. The molecule has 0 aromatic heterocycles. The predicted octanol–water partition coefficient (Wildman–Crippen LogP) is 18.5. The molecule has 11 aromatic carbocycles. The van der Waals surface area contributed by atoms with E-state index in [0.29, 0.717) is 22.3 Å². The smallest absolute Gasteiger partial charge is 0.197 e. The van der Waals surface area contributed by atoms with Crippen LogP contribution in [0.15, 0.2) is 302 Å². The molecule has 0 heterocycles. The lowest BCUT2D eigenvalue weighted by molar-refractivity contribution is 0.0975. The maximum atomic E-state index is 13.3. The zero-order valence-corrected chi connectivity index (χ0v) is 44.3. The summed E-state index contributed by atoms with van der Waals surface area (Å²) in [6, 6.07) is 96.6. The second-order valence-electron chi connectivity index (χ2n) is 19.9. The van der Waals surface area contributed by atoms with E-state index in [-0.39, 0.29) is 34.3 Å². The van der Waals surface area contributed by atoms with Crippen LogP contribution in [0.4, 0.5) is 68.2 Å². The normalized spacial score (nSPS) is 12.4. The first-order valence-electron chi connectivity index (χ1n) is 27.1. The van der Waals surface area contributed by atoms with E-state index in [2.05, 4.69) is 165 Å². The molecule has 0 aliphatic heterocycles. The van der Waals surface area contributed by atoms with Gasteiger partial charge in [-0.05, 0) is 169 Å². The summed E-state index contributed by atoms with van der Waals surface area (Å²) in [7, 11) is 0. The van der Waals surface area contributed by atoms with E-state index in [1.54, 1.807) is 60.7 Å². The second kappa shape index (κ2) is 21.9.